The average molecular weight is 533 g/mol. The van der Waals surface area contributed by atoms with Gasteiger partial charge in [-0.2, -0.15) is 0 Å². The molecular formula is C26H32N2O10. The van der Waals surface area contributed by atoms with Crippen LogP contribution in [0.15, 0.2) is 24.3 Å². The Balaban J connectivity index is 1.46. The number of aliphatic hydroxyl groups is 3. The second kappa shape index (κ2) is 10.5. The molecule has 5 atom stereocenters. The van der Waals surface area contributed by atoms with E-state index in [-0.39, 0.29) is 29.0 Å². The number of anilines is 1. The smallest absolute Gasteiger partial charge is 0.339 e. The predicted molar refractivity (Wildman–Crippen MR) is 133 cm³/mol. The number of hydrogen-bond donors (Lipinski definition) is 5. The van der Waals surface area contributed by atoms with Gasteiger partial charge in [-0.3, -0.25) is 4.90 Å². The number of fused-ring (bicyclic) bond motifs is 3. The van der Waals surface area contributed by atoms with Crippen molar-refractivity contribution in [1.29, 1.82) is 0 Å². The van der Waals surface area contributed by atoms with Crippen LogP contribution in [0.25, 0.3) is 0 Å². The first-order valence-corrected chi connectivity index (χ1v) is 12.4. The summed E-state index contributed by atoms with van der Waals surface area (Å²) < 4.78 is 22.0. The maximum atomic E-state index is 13.2. The van der Waals surface area contributed by atoms with E-state index in [9.17, 15) is 30.3 Å². The number of methoxy groups -OCH3 is 2. The molecule has 0 spiro atoms. The SMILES string of the molecule is COc1ccccc1N1CCN(Cc2c(O)c(OC)c(O)c3c2C(=O)O[C@@H]2[C@@H](O)[C@H](O)[C@@H](CO)O[C@H]32)CC1. The number of phenols is 2. The van der Waals surface area contributed by atoms with Crippen LogP contribution in [0.5, 0.6) is 23.0 Å². The molecule has 2 aromatic carbocycles. The molecule has 0 unspecified atom stereocenters. The summed E-state index contributed by atoms with van der Waals surface area (Å²) in [5, 5.41) is 52.5. The summed E-state index contributed by atoms with van der Waals surface area (Å²) in [7, 11) is 2.90. The predicted octanol–water partition coefficient (Wildman–Crippen LogP) is 0.130. The number of phenolic OH excluding ortho intramolecular Hbond substituents is 2. The number of benzene rings is 2. The van der Waals surface area contributed by atoms with E-state index in [1.54, 1.807) is 7.11 Å². The zero-order valence-electron chi connectivity index (χ0n) is 21.1. The van der Waals surface area contributed by atoms with Gasteiger partial charge >= 0.3 is 5.97 Å². The molecule has 0 aliphatic carbocycles. The Morgan fingerprint density at radius 2 is 1.71 bits per heavy atom. The quantitative estimate of drug-likeness (QED) is 0.320. The number of piperazine rings is 1. The Kier molecular flexibility index (Phi) is 7.25. The lowest BCUT2D eigenvalue weighted by molar-refractivity contribution is -0.235. The van der Waals surface area contributed by atoms with Gasteiger partial charge < -0.3 is 49.4 Å². The fourth-order valence-corrected chi connectivity index (χ4v) is 5.53. The van der Waals surface area contributed by atoms with Crippen LogP contribution in [0.2, 0.25) is 0 Å². The Labute approximate surface area is 219 Å². The first-order valence-electron chi connectivity index (χ1n) is 12.4. The minimum absolute atomic E-state index is 0.0204. The molecule has 206 valence electrons. The van der Waals surface area contributed by atoms with Crippen LogP contribution in [0, 0.1) is 0 Å². The van der Waals surface area contributed by atoms with Crippen LogP contribution >= 0.6 is 0 Å². The van der Waals surface area contributed by atoms with E-state index >= 15 is 0 Å². The average Bonchev–Trinajstić information content (AvgIpc) is 2.93. The third kappa shape index (κ3) is 4.28. The monoisotopic (exact) mass is 532 g/mol. The summed E-state index contributed by atoms with van der Waals surface area (Å²) in [6.45, 7) is 2.07. The van der Waals surface area contributed by atoms with Crippen molar-refractivity contribution in [2.45, 2.75) is 37.1 Å². The van der Waals surface area contributed by atoms with Gasteiger partial charge in [0.2, 0.25) is 5.75 Å². The molecule has 3 heterocycles. The zero-order valence-corrected chi connectivity index (χ0v) is 21.1. The molecule has 38 heavy (non-hydrogen) atoms. The van der Waals surface area contributed by atoms with E-state index < -0.39 is 54.6 Å². The molecule has 5 N–H and O–H groups in total. The largest absolute Gasteiger partial charge is 0.504 e. The minimum atomic E-state index is -1.56. The van der Waals surface area contributed by atoms with Gasteiger partial charge in [0.05, 0.1) is 32.1 Å². The highest BCUT2D eigenvalue weighted by atomic mass is 16.6. The summed E-state index contributed by atoms with van der Waals surface area (Å²) >= 11 is 0. The highest BCUT2D eigenvalue weighted by Crippen LogP contribution is 2.52. The molecule has 0 aromatic heterocycles. The summed E-state index contributed by atoms with van der Waals surface area (Å²) in [5.74, 6) is -1.29. The molecule has 2 fully saturated rings. The van der Waals surface area contributed by atoms with Crippen LogP contribution in [0.1, 0.15) is 27.6 Å². The van der Waals surface area contributed by atoms with Crippen LogP contribution in [0.4, 0.5) is 5.69 Å². The number of aromatic hydroxyl groups is 2. The number of carbonyl (C=O) groups excluding carboxylic acids is 1. The number of nitrogens with zero attached hydrogens (tertiary/aromatic N) is 2. The van der Waals surface area contributed by atoms with Crippen molar-refractivity contribution in [3.05, 3.63) is 41.0 Å². The lowest BCUT2D eigenvalue weighted by atomic mass is 9.84. The Morgan fingerprint density at radius 1 is 1.00 bits per heavy atom. The fraction of sp³-hybridized carbons (Fsp3) is 0.500. The van der Waals surface area contributed by atoms with Crippen LogP contribution in [-0.4, -0.2) is 108 Å². The molecule has 12 nitrogen and oxygen atoms in total. The van der Waals surface area contributed by atoms with Gasteiger partial charge in [0.15, 0.2) is 17.6 Å². The fourth-order valence-electron chi connectivity index (χ4n) is 5.53. The summed E-state index contributed by atoms with van der Waals surface area (Å²) in [6, 6.07) is 7.74. The zero-order chi connectivity index (χ0) is 27.1. The second-order valence-electron chi connectivity index (χ2n) is 9.56. The lowest BCUT2D eigenvalue weighted by Crippen LogP contribution is -2.58. The van der Waals surface area contributed by atoms with Crippen molar-refractivity contribution >= 4 is 11.7 Å². The van der Waals surface area contributed by atoms with Crippen molar-refractivity contribution in [2.24, 2.45) is 0 Å². The van der Waals surface area contributed by atoms with E-state index in [0.717, 1.165) is 11.4 Å². The van der Waals surface area contributed by atoms with Crippen molar-refractivity contribution < 1.29 is 49.3 Å². The van der Waals surface area contributed by atoms with Crippen LogP contribution in [-0.2, 0) is 16.0 Å². The number of esters is 1. The molecule has 2 aromatic rings. The first kappa shape index (κ1) is 26.3. The molecule has 5 rings (SSSR count). The Hall–Kier alpha value is -3.29. The van der Waals surface area contributed by atoms with Gasteiger partial charge in [0, 0.05) is 43.9 Å². The summed E-state index contributed by atoms with van der Waals surface area (Å²) in [6.07, 6.45) is -6.77. The van der Waals surface area contributed by atoms with Gasteiger partial charge in [-0.05, 0) is 12.1 Å². The normalized spacial score (nSPS) is 27.3. The van der Waals surface area contributed by atoms with Crippen molar-refractivity contribution in [3.8, 4) is 23.0 Å². The molecule has 0 bridgehead atoms. The number of rotatable bonds is 6. The molecule has 2 saturated heterocycles. The molecule has 3 aliphatic heterocycles. The van der Waals surface area contributed by atoms with E-state index in [1.807, 2.05) is 29.2 Å². The standard InChI is InChI=1S/C26H32N2O10/c1-35-15-6-4-3-5-14(15)28-9-7-27(8-10-28)11-13-17-18(21(32)24(36-2)19(13)30)23-25(38-26(17)34)22(33)20(31)16(12-29)37-23/h3-6,16,20,22-23,25,29-33H,7-12H2,1-2H3/t16-,20-,22+,23-,25-/m1/s1. The van der Waals surface area contributed by atoms with Crippen molar-refractivity contribution in [2.75, 3.05) is 51.9 Å². The first-order chi connectivity index (χ1) is 18.3. The summed E-state index contributed by atoms with van der Waals surface area (Å²) in [5.41, 5.74) is 1.06. The third-order valence-corrected chi connectivity index (χ3v) is 7.53. The number of ether oxygens (including phenoxy) is 4. The van der Waals surface area contributed by atoms with Gasteiger partial charge in [0.1, 0.15) is 30.2 Å². The van der Waals surface area contributed by atoms with E-state index in [2.05, 4.69) is 4.90 Å². The summed E-state index contributed by atoms with van der Waals surface area (Å²) in [4.78, 5) is 17.4. The molecule has 0 radical (unpaired) electrons. The highest BCUT2D eigenvalue weighted by molar-refractivity contribution is 5.97. The van der Waals surface area contributed by atoms with Gasteiger partial charge in [0.25, 0.3) is 0 Å². The Bertz CT molecular complexity index is 1200. The molecular weight excluding hydrogens is 500 g/mol. The number of para-hydroxylation sites is 2. The van der Waals surface area contributed by atoms with Crippen LogP contribution in [0.3, 0.4) is 0 Å². The molecule has 0 saturated carbocycles. The number of carbonyl (C=O) groups is 1. The van der Waals surface area contributed by atoms with E-state index in [1.165, 1.54) is 7.11 Å². The maximum Gasteiger partial charge on any atom is 0.339 e. The molecule has 12 heteroatoms. The molecule has 0 amide bonds. The highest BCUT2D eigenvalue weighted by Gasteiger charge is 2.53. The molecule has 3 aliphatic rings. The van der Waals surface area contributed by atoms with Gasteiger partial charge in [-0.15, -0.1) is 0 Å². The lowest BCUT2D eigenvalue weighted by Gasteiger charge is -2.45. The van der Waals surface area contributed by atoms with Gasteiger partial charge in [-0.1, -0.05) is 12.1 Å². The topological polar surface area (TPSA) is 162 Å². The van der Waals surface area contributed by atoms with E-state index in [0.29, 0.717) is 26.2 Å². The number of aliphatic hydroxyl groups excluding tert-OH is 3. The van der Waals surface area contributed by atoms with Gasteiger partial charge in [-0.25, -0.2) is 4.79 Å². The third-order valence-electron chi connectivity index (χ3n) is 7.53. The van der Waals surface area contributed by atoms with Crippen LogP contribution < -0.4 is 14.4 Å². The minimum Gasteiger partial charge on any atom is -0.504 e. The van der Waals surface area contributed by atoms with Crippen molar-refractivity contribution in [1.82, 2.24) is 4.90 Å². The number of hydrogen-bond acceptors (Lipinski definition) is 12. The Morgan fingerprint density at radius 3 is 2.37 bits per heavy atom. The van der Waals surface area contributed by atoms with Crippen molar-refractivity contribution in [3.63, 3.8) is 0 Å². The maximum absolute atomic E-state index is 13.2. The second-order valence-corrected chi connectivity index (χ2v) is 9.56. The van der Waals surface area contributed by atoms with E-state index in [4.69, 9.17) is 18.9 Å².